The summed E-state index contributed by atoms with van der Waals surface area (Å²) >= 11 is 12.2. The Balaban J connectivity index is 2.66. The third kappa shape index (κ3) is 4.18. The van der Waals surface area contributed by atoms with E-state index < -0.39 is 0 Å². The second kappa shape index (κ2) is 6.35. The van der Waals surface area contributed by atoms with Crippen molar-refractivity contribution in [2.24, 2.45) is 16.3 Å². The van der Waals surface area contributed by atoms with Crippen molar-refractivity contribution in [3.05, 3.63) is 27.7 Å². The molecule has 0 radical (unpaired) electrons. The van der Waals surface area contributed by atoms with Gasteiger partial charge in [-0.15, -0.1) is 0 Å². The van der Waals surface area contributed by atoms with Crippen LogP contribution in [0.5, 0.6) is 0 Å². The summed E-state index contributed by atoms with van der Waals surface area (Å²) in [6.45, 7) is 6.36. The summed E-state index contributed by atoms with van der Waals surface area (Å²) in [4.78, 5) is 0. The lowest BCUT2D eigenvalue weighted by molar-refractivity contribution is 0.306. The van der Waals surface area contributed by atoms with Gasteiger partial charge in [-0.3, -0.25) is 0 Å². The fraction of sp³-hybridized carbons (Fsp3) is 0.462. The van der Waals surface area contributed by atoms with E-state index in [1.165, 1.54) is 0 Å². The molecule has 0 aromatic heterocycles. The van der Waals surface area contributed by atoms with E-state index in [1.54, 1.807) is 6.07 Å². The third-order valence-corrected chi connectivity index (χ3v) is 3.83. The fourth-order valence-electron chi connectivity index (χ4n) is 1.55. The number of amidine groups is 1. The molecule has 0 aliphatic rings. The molecule has 0 saturated heterocycles. The average molecular weight is 304 g/mol. The summed E-state index contributed by atoms with van der Waals surface area (Å²) in [5, 5.41) is 16.3. The molecule has 0 aliphatic carbocycles. The van der Waals surface area contributed by atoms with E-state index in [0.29, 0.717) is 23.0 Å². The van der Waals surface area contributed by atoms with E-state index in [-0.39, 0.29) is 11.3 Å². The number of nitrogens with one attached hydrogen (secondary N) is 1. The van der Waals surface area contributed by atoms with Gasteiger partial charge >= 0.3 is 0 Å². The Kier molecular flexibility index (Phi) is 5.32. The minimum Gasteiger partial charge on any atom is -0.409 e. The Labute approximate surface area is 123 Å². The highest BCUT2D eigenvalue weighted by Gasteiger charge is 2.23. The number of anilines is 1. The summed E-state index contributed by atoms with van der Waals surface area (Å²) in [6.07, 6.45) is 0.699. The van der Waals surface area contributed by atoms with Crippen molar-refractivity contribution in [2.45, 2.75) is 27.2 Å². The zero-order chi connectivity index (χ0) is 14.6. The maximum absolute atomic E-state index is 8.70. The molecule has 0 fully saturated rings. The second-order valence-electron chi connectivity index (χ2n) is 5.13. The van der Waals surface area contributed by atoms with Gasteiger partial charge in [-0.2, -0.15) is 0 Å². The number of halogens is 2. The monoisotopic (exact) mass is 303 g/mol. The van der Waals surface area contributed by atoms with E-state index in [1.807, 2.05) is 26.8 Å². The molecule has 4 N–H and O–H groups in total. The predicted molar refractivity (Wildman–Crippen MR) is 81.5 cm³/mol. The maximum atomic E-state index is 8.70. The Bertz CT molecular complexity index is 487. The van der Waals surface area contributed by atoms with Crippen molar-refractivity contribution >= 4 is 34.7 Å². The van der Waals surface area contributed by atoms with Gasteiger partial charge in [-0.05, 0) is 31.0 Å². The highest BCUT2D eigenvalue weighted by atomic mass is 35.5. The van der Waals surface area contributed by atoms with Crippen LogP contribution in [0.15, 0.2) is 17.3 Å². The Morgan fingerprint density at radius 2 is 2.00 bits per heavy atom. The van der Waals surface area contributed by atoms with Crippen LogP contribution in [0.3, 0.4) is 0 Å². The third-order valence-electron chi connectivity index (χ3n) is 3.11. The quantitative estimate of drug-likeness (QED) is 0.334. The van der Waals surface area contributed by atoms with Gasteiger partial charge in [0.25, 0.3) is 0 Å². The summed E-state index contributed by atoms with van der Waals surface area (Å²) in [6, 6.07) is 3.62. The Hall–Kier alpha value is -1.13. The fourth-order valence-corrected chi connectivity index (χ4v) is 2.00. The molecule has 0 unspecified atom stereocenters. The number of aryl methyl sites for hydroxylation is 1. The molecule has 0 amide bonds. The molecule has 1 rings (SSSR count). The normalized spacial score (nSPS) is 12.6. The summed E-state index contributed by atoms with van der Waals surface area (Å²) < 4.78 is 0. The molecule has 6 heteroatoms. The van der Waals surface area contributed by atoms with Crippen LogP contribution in [0.1, 0.15) is 25.8 Å². The van der Waals surface area contributed by atoms with Crippen molar-refractivity contribution in [2.75, 3.05) is 11.9 Å². The molecule has 1 aromatic rings. The van der Waals surface area contributed by atoms with E-state index in [2.05, 4.69) is 10.5 Å². The number of hydrogen-bond donors (Lipinski definition) is 3. The first kappa shape index (κ1) is 15.9. The number of rotatable bonds is 5. The summed E-state index contributed by atoms with van der Waals surface area (Å²) in [5.74, 6) is 0.210. The minimum atomic E-state index is -0.386. The lowest BCUT2D eigenvalue weighted by atomic mass is 9.88. The van der Waals surface area contributed by atoms with Crippen LogP contribution in [0.2, 0.25) is 10.0 Å². The van der Waals surface area contributed by atoms with Gasteiger partial charge in [0.2, 0.25) is 0 Å². The van der Waals surface area contributed by atoms with Gasteiger partial charge in [0.05, 0.1) is 10.7 Å². The van der Waals surface area contributed by atoms with Crippen LogP contribution in [0.25, 0.3) is 0 Å². The molecule has 0 atom stereocenters. The first-order valence-electron chi connectivity index (χ1n) is 5.95. The van der Waals surface area contributed by atoms with Crippen molar-refractivity contribution < 1.29 is 5.21 Å². The molecular weight excluding hydrogens is 285 g/mol. The lowest BCUT2D eigenvalue weighted by Gasteiger charge is -2.23. The molecule has 4 nitrogen and oxygen atoms in total. The molecule has 1 aromatic carbocycles. The average Bonchev–Trinajstić information content (AvgIpc) is 2.34. The molecule has 0 aliphatic heterocycles. The molecule has 106 valence electrons. The van der Waals surface area contributed by atoms with Gasteiger partial charge < -0.3 is 16.3 Å². The Morgan fingerprint density at radius 1 is 1.37 bits per heavy atom. The zero-order valence-corrected chi connectivity index (χ0v) is 12.8. The smallest absolute Gasteiger partial charge is 0.144 e. The molecule has 19 heavy (non-hydrogen) atoms. The van der Waals surface area contributed by atoms with Gasteiger partial charge in [0, 0.05) is 17.0 Å². The molecule has 0 heterocycles. The topological polar surface area (TPSA) is 70.6 Å². The zero-order valence-electron chi connectivity index (χ0n) is 11.3. The van der Waals surface area contributed by atoms with Crippen molar-refractivity contribution in [3.8, 4) is 0 Å². The largest absolute Gasteiger partial charge is 0.409 e. The van der Waals surface area contributed by atoms with E-state index in [9.17, 15) is 0 Å². The standard InChI is InChI=1S/C13H19Cl2N3O/c1-8-6-10(15)11(7-9(8)14)17-5-4-13(2,3)12(16)18-19/h6-7,17,19H,4-5H2,1-3H3,(H2,16,18). The number of nitrogens with zero attached hydrogens (tertiary/aromatic N) is 1. The van der Waals surface area contributed by atoms with Crippen molar-refractivity contribution in [1.29, 1.82) is 0 Å². The highest BCUT2D eigenvalue weighted by molar-refractivity contribution is 6.35. The number of hydrogen-bond acceptors (Lipinski definition) is 3. The Morgan fingerprint density at radius 3 is 2.58 bits per heavy atom. The lowest BCUT2D eigenvalue weighted by Crippen LogP contribution is -2.33. The van der Waals surface area contributed by atoms with Crippen LogP contribution in [0.4, 0.5) is 5.69 Å². The van der Waals surface area contributed by atoms with Gasteiger partial charge in [-0.1, -0.05) is 42.2 Å². The van der Waals surface area contributed by atoms with E-state index in [4.69, 9.17) is 34.1 Å². The predicted octanol–water partition coefficient (Wildman–Crippen LogP) is 3.88. The van der Waals surface area contributed by atoms with Crippen LogP contribution >= 0.6 is 23.2 Å². The van der Waals surface area contributed by atoms with Crippen molar-refractivity contribution in [1.82, 2.24) is 0 Å². The van der Waals surface area contributed by atoms with E-state index in [0.717, 1.165) is 11.3 Å². The van der Waals surface area contributed by atoms with Crippen LogP contribution in [0, 0.1) is 12.3 Å². The SMILES string of the molecule is Cc1cc(Cl)c(NCCC(C)(C)/C(N)=N/O)cc1Cl. The summed E-state index contributed by atoms with van der Waals surface area (Å²) in [7, 11) is 0. The first-order valence-corrected chi connectivity index (χ1v) is 6.71. The van der Waals surface area contributed by atoms with Crippen LogP contribution in [-0.2, 0) is 0 Å². The molecule has 0 bridgehead atoms. The minimum absolute atomic E-state index is 0.210. The number of oxime groups is 1. The van der Waals surface area contributed by atoms with E-state index >= 15 is 0 Å². The van der Waals surface area contributed by atoms with Gasteiger partial charge in [0.1, 0.15) is 5.84 Å². The van der Waals surface area contributed by atoms with Crippen LogP contribution in [-0.4, -0.2) is 17.6 Å². The maximum Gasteiger partial charge on any atom is 0.144 e. The number of benzene rings is 1. The molecular formula is C13H19Cl2N3O. The summed E-state index contributed by atoms with van der Waals surface area (Å²) in [5.41, 5.74) is 6.97. The highest BCUT2D eigenvalue weighted by Crippen LogP contribution is 2.29. The van der Waals surface area contributed by atoms with Crippen LogP contribution < -0.4 is 11.1 Å². The molecule has 0 saturated carbocycles. The van der Waals surface area contributed by atoms with Gasteiger partial charge in [-0.25, -0.2) is 0 Å². The molecule has 0 spiro atoms. The second-order valence-corrected chi connectivity index (χ2v) is 5.94. The number of nitrogens with two attached hydrogens (primary N) is 1. The van der Waals surface area contributed by atoms with Crippen molar-refractivity contribution in [3.63, 3.8) is 0 Å². The first-order chi connectivity index (χ1) is 8.77. The van der Waals surface area contributed by atoms with Gasteiger partial charge in [0.15, 0.2) is 0 Å².